The van der Waals surface area contributed by atoms with E-state index in [1.54, 1.807) is 18.3 Å². The molecule has 4 nitrogen and oxygen atoms in total. The second-order valence-corrected chi connectivity index (χ2v) is 7.20. The molecule has 0 radical (unpaired) electrons. The number of amides is 2. The number of thiophene rings is 1. The van der Waals surface area contributed by atoms with Crippen LogP contribution in [-0.2, 0) is 9.59 Å². The van der Waals surface area contributed by atoms with Gasteiger partial charge in [0.05, 0.1) is 0 Å². The molecule has 0 bridgehead atoms. The van der Waals surface area contributed by atoms with E-state index >= 15 is 0 Å². The topological polar surface area (TPSA) is 49.4 Å². The first-order valence-electron chi connectivity index (χ1n) is 8.25. The summed E-state index contributed by atoms with van der Waals surface area (Å²) in [7, 11) is 0. The smallest absolute Gasteiger partial charge is 0.227 e. The summed E-state index contributed by atoms with van der Waals surface area (Å²) in [6.07, 6.45) is 1.46. The number of aryl methyl sites for hydroxylation is 1. The monoisotopic (exact) mass is 342 g/mol. The molecule has 1 aromatic heterocycles. The second kappa shape index (κ2) is 7.18. The van der Waals surface area contributed by atoms with Crippen LogP contribution in [0.3, 0.4) is 0 Å². The lowest BCUT2D eigenvalue weighted by molar-refractivity contribution is -0.132. The van der Waals surface area contributed by atoms with Crippen molar-refractivity contribution in [2.24, 2.45) is 5.92 Å². The van der Waals surface area contributed by atoms with E-state index in [-0.39, 0.29) is 17.7 Å². The Morgan fingerprint density at radius 2 is 1.96 bits per heavy atom. The minimum absolute atomic E-state index is 0.0206. The molecule has 126 valence electrons. The van der Waals surface area contributed by atoms with E-state index in [0.717, 1.165) is 24.1 Å². The van der Waals surface area contributed by atoms with Crippen LogP contribution in [-0.4, -0.2) is 29.8 Å². The number of benzene rings is 1. The molecule has 1 aromatic carbocycles. The normalized spacial score (nSPS) is 15.3. The summed E-state index contributed by atoms with van der Waals surface area (Å²) >= 11 is 1.71. The molecule has 1 aliphatic heterocycles. The van der Waals surface area contributed by atoms with E-state index in [9.17, 15) is 9.59 Å². The molecule has 2 aromatic rings. The van der Waals surface area contributed by atoms with Crippen molar-refractivity contribution in [1.29, 1.82) is 0 Å². The van der Waals surface area contributed by atoms with Crippen LogP contribution in [0.1, 0.15) is 25.3 Å². The summed E-state index contributed by atoms with van der Waals surface area (Å²) in [5.41, 5.74) is 3.21. The SMILES string of the molecule is CC(=O)N1CCC(C(=O)Nc2cccc(-c3sccc3C)c2)CC1. The number of hydrogen-bond donors (Lipinski definition) is 1. The highest BCUT2D eigenvalue weighted by atomic mass is 32.1. The van der Waals surface area contributed by atoms with Crippen molar-refractivity contribution in [3.63, 3.8) is 0 Å². The van der Waals surface area contributed by atoms with E-state index in [4.69, 9.17) is 0 Å². The first-order valence-corrected chi connectivity index (χ1v) is 9.13. The summed E-state index contributed by atoms with van der Waals surface area (Å²) in [5, 5.41) is 5.12. The van der Waals surface area contributed by atoms with Crippen LogP contribution in [0.2, 0.25) is 0 Å². The third-order valence-electron chi connectivity index (χ3n) is 4.57. The zero-order valence-corrected chi connectivity index (χ0v) is 14.9. The number of carbonyl (C=O) groups is 2. The Labute approximate surface area is 146 Å². The molecule has 3 rings (SSSR count). The fraction of sp³-hybridized carbons (Fsp3) is 0.368. The average Bonchev–Trinajstić information content (AvgIpc) is 3.01. The van der Waals surface area contributed by atoms with Crippen molar-refractivity contribution in [1.82, 2.24) is 4.90 Å². The molecular weight excluding hydrogens is 320 g/mol. The Balaban J connectivity index is 1.65. The van der Waals surface area contributed by atoms with Crippen molar-refractivity contribution in [2.75, 3.05) is 18.4 Å². The molecule has 0 atom stereocenters. The minimum atomic E-state index is -0.0206. The zero-order valence-electron chi connectivity index (χ0n) is 14.0. The summed E-state index contributed by atoms with van der Waals surface area (Å²) in [6.45, 7) is 5.02. The molecule has 0 aliphatic carbocycles. The maximum atomic E-state index is 12.5. The van der Waals surface area contributed by atoms with Crippen LogP contribution >= 0.6 is 11.3 Å². The molecule has 0 saturated carbocycles. The van der Waals surface area contributed by atoms with Gasteiger partial charge in [0.15, 0.2) is 0 Å². The van der Waals surface area contributed by atoms with Gasteiger partial charge in [-0.1, -0.05) is 12.1 Å². The predicted molar refractivity (Wildman–Crippen MR) is 98.1 cm³/mol. The molecule has 24 heavy (non-hydrogen) atoms. The highest BCUT2D eigenvalue weighted by Gasteiger charge is 2.26. The molecule has 1 N–H and O–H groups in total. The number of hydrogen-bond acceptors (Lipinski definition) is 3. The van der Waals surface area contributed by atoms with Crippen LogP contribution in [0.25, 0.3) is 10.4 Å². The van der Waals surface area contributed by atoms with Gasteiger partial charge in [0.2, 0.25) is 11.8 Å². The van der Waals surface area contributed by atoms with E-state index in [1.807, 2.05) is 23.1 Å². The molecule has 0 unspecified atom stereocenters. The summed E-state index contributed by atoms with van der Waals surface area (Å²) < 4.78 is 0. The minimum Gasteiger partial charge on any atom is -0.343 e. The molecular formula is C19H22N2O2S. The fourth-order valence-corrected chi connectivity index (χ4v) is 4.03. The largest absolute Gasteiger partial charge is 0.343 e. The van der Waals surface area contributed by atoms with Gasteiger partial charge in [-0.2, -0.15) is 0 Å². The first kappa shape index (κ1) is 16.7. The average molecular weight is 342 g/mol. The van der Waals surface area contributed by atoms with E-state index in [2.05, 4.69) is 29.8 Å². The standard InChI is InChI=1S/C19H22N2O2S/c1-13-8-11-24-18(13)16-4-3-5-17(12-16)20-19(23)15-6-9-21(10-7-15)14(2)22/h3-5,8,11-12,15H,6-7,9-10H2,1-2H3,(H,20,23). The van der Waals surface area contributed by atoms with Gasteiger partial charge in [-0.25, -0.2) is 0 Å². The number of nitrogens with zero attached hydrogens (tertiary/aromatic N) is 1. The summed E-state index contributed by atoms with van der Waals surface area (Å²) in [6, 6.07) is 10.1. The molecule has 1 saturated heterocycles. The van der Waals surface area contributed by atoms with Crippen molar-refractivity contribution < 1.29 is 9.59 Å². The van der Waals surface area contributed by atoms with Crippen molar-refractivity contribution in [2.45, 2.75) is 26.7 Å². The van der Waals surface area contributed by atoms with Crippen LogP contribution in [0.15, 0.2) is 35.7 Å². The van der Waals surface area contributed by atoms with Gasteiger partial charge in [-0.05, 0) is 54.5 Å². The maximum absolute atomic E-state index is 12.5. The first-order chi connectivity index (χ1) is 11.5. The van der Waals surface area contributed by atoms with Gasteiger partial charge < -0.3 is 10.2 Å². The Morgan fingerprint density at radius 3 is 2.58 bits per heavy atom. The van der Waals surface area contributed by atoms with E-state index in [1.165, 1.54) is 10.4 Å². The Bertz CT molecular complexity index is 745. The number of nitrogens with one attached hydrogen (secondary N) is 1. The number of anilines is 1. The number of piperidine rings is 1. The van der Waals surface area contributed by atoms with E-state index < -0.39 is 0 Å². The highest BCUT2D eigenvalue weighted by molar-refractivity contribution is 7.13. The van der Waals surface area contributed by atoms with Gasteiger partial charge in [0.1, 0.15) is 0 Å². The van der Waals surface area contributed by atoms with E-state index in [0.29, 0.717) is 13.1 Å². The van der Waals surface area contributed by atoms with Crippen LogP contribution < -0.4 is 5.32 Å². The molecule has 0 spiro atoms. The van der Waals surface area contributed by atoms with Crippen molar-refractivity contribution in [3.05, 3.63) is 41.3 Å². The Morgan fingerprint density at radius 1 is 1.21 bits per heavy atom. The van der Waals surface area contributed by atoms with Crippen LogP contribution in [0.4, 0.5) is 5.69 Å². The van der Waals surface area contributed by atoms with Crippen molar-refractivity contribution in [3.8, 4) is 10.4 Å². The quantitative estimate of drug-likeness (QED) is 0.919. The van der Waals surface area contributed by atoms with Gasteiger partial charge in [0.25, 0.3) is 0 Å². The lowest BCUT2D eigenvalue weighted by atomic mass is 9.95. The number of carbonyl (C=O) groups excluding carboxylic acids is 2. The van der Waals surface area contributed by atoms with Crippen LogP contribution in [0.5, 0.6) is 0 Å². The molecule has 1 fully saturated rings. The second-order valence-electron chi connectivity index (χ2n) is 6.28. The summed E-state index contributed by atoms with van der Waals surface area (Å²) in [4.78, 5) is 26.9. The molecule has 1 aliphatic rings. The maximum Gasteiger partial charge on any atom is 0.227 e. The lowest BCUT2D eigenvalue weighted by Crippen LogP contribution is -2.40. The van der Waals surface area contributed by atoms with Gasteiger partial charge in [-0.3, -0.25) is 9.59 Å². The van der Waals surface area contributed by atoms with Gasteiger partial charge in [-0.15, -0.1) is 11.3 Å². The summed E-state index contributed by atoms with van der Waals surface area (Å²) in [5.74, 6) is 0.124. The molecule has 5 heteroatoms. The zero-order chi connectivity index (χ0) is 17.1. The fourth-order valence-electron chi connectivity index (χ4n) is 3.11. The third kappa shape index (κ3) is 3.67. The lowest BCUT2D eigenvalue weighted by Gasteiger charge is -2.30. The van der Waals surface area contributed by atoms with Crippen LogP contribution in [0, 0.1) is 12.8 Å². The predicted octanol–water partition coefficient (Wildman–Crippen LogP) is 3.92. The highest BCUT2D eigenvalue weighted by Crippen LogP contribution is 2.31. The molecule has 2 heterocycles. The molecule has 2 amide bonds. The Kier molecular flexibility index (Phi) is 5.00. The Hall–Kier alpha value is -2.14. The van der Waals surface area contributed by atoms with Gasteiger partial charge >= 0.3 is 0 Å². The van der Waals surface area contributed by atoms with Crippen molar-refractivity contribution >= 4 is 28.8 Å². The number of rotatable bonds is 3. The number of likely N-dealkylation sites (tertiary alicyclic amines) is 1. The van der Waals surface area contributed by atoms with Gasteiger partial charge in [0, 0.05) is 36.5 Å². The third-order valence-corrected chi connectivity index (χ3v) is 5.63.